The van der Waals surface area contributed by atoms with Gasteiger partial charge in [-0.1, -0.05) is 26.7 Å². The zero-order valence-electron chi connectivity index (χ0n) is 10.4. The molecular formula is C13H26NO+. The van der Waals surface area contributed by atoms with E-state index in [1.807, 2.05) is 0 Å². The van der Waals surface area contributed by atoms with E-state index in [2.05, 4.69) is 13.8 Å². The molecule has 0 bridgehead atoms. The molecule has 0 unspecified atom stereocenters. The third-order valence-corrected chi connectivity index (χ3v) is 3.57. The first-order valence-electron chi connectivity index (χ1n) is 6.59. The first kappa shape index (κ1) is 12.7. The topological polar surface area (TPSA) is 17.1 Å². The van der Waals surface area contributed by atoms with Crippen LogP contribution in [-0.4, -0.2) is 36.4 Å². The van der Waals surface area contributed by atoms with Gasteiger partial charge in [-0.2, -0.15) is 0 Å². The quantitative estimate of drug-likeness (QED) is 0.619. The van der Waals surface area contributed by atoms with E-state index in [4.69, 9.17) is 0 Å². The van der Waals surface area contributed by atoms with Crippen LogP contribution in [-0.2, 0) is 4.79 Å². The Hall–Kier alpha value is -0.370. The van der Waals surface area contributed by atoms with Crippen molar-refractivity contribution in [3.8, 4) is 0 Å². The van der Waals surface area contributed by atoms with Gasteiger partial charge in [0.05, 0.1) is 19.6 Å². The first-order chi connectivity index (χ1) is 7.22. The van der Waals surface area contributed by atoms with E-state index in [9.17, 15) is 4.79 Å². The molecule has 1 saturated heterocycles. The molecule has 1 fully saturated rings. The van der Waals surface area contributed by atoms with Gasteiger partial charge in [0.1, 0.15) is 6.54 Å². The average Bonchev–Trinajstić information content (AvgIpc) is 2.24. The summed E-state index contributed by atoms with van der Waals surface area (Å²) < 4.78 is 1.10. The minimum Gasteiger partial charge on any atom is -0.317 e. The Morgan fingerprint density at radius 1 is 1.13 bits per heavy atom. The Morgan fingerprint density at radius 3 is 2.20 bits per heavy atom. The lowest BCUT2D eigenvalue weighted by atomic mass is 10.0. The van der Waals surface area contributed by atoms with E-state index in [0.717, 1.165) is 23.9 Å². The molecule has 0 aromatic carbocycles. The monoisotopic (exact) mass is 212 g/mol. The maximum atomic E-state index is 11.6. The lowest BCUT2D eigenvalue weighted by molar-refractivity contribution is -0.923. The van der Waals surface area contributed by atoms with Crippen LogP contribution in [0.15, 0.2) is 0 Å². The Kier molecular flexibility index (Phi) is 5.30. The van der Waals surface area contributed by atoms with Crippen molar-refractivity contribution in [2.75, 3.05) is 26.2 Å². The first-order valence-corrected chi connectivity index (χ1v) is 6.59. The predicted molar refractivity (Wildman–Crippen MR) is 63.8 cm³/mol. The molecule has 0 aliphatic carbocycles. The highest BCUT2D eigenvalue weighted by Gasteiger charge is 2.32. The van der Waals surface area contributed by atoms with E-state index >= 15 is 0 Å². The second-order valence-corrected chi connectivity index (χ2v) is 5.02. The third kappa shape index (κ3) is 3.94. The maximum Gasteiger partial charge on any atom is 0.187 e. The van der Waals surface area contributed by atoms with Crippen molar-refractivity contribution in [2.45, 2.75) is 52.4 Å². The number of Topliss-reactive ketones (excluding diaryl/α,β-unsaturated/α-hetero) is 1. The molecular weight excluding hydrogens is 186 g/mol. The largest absolute Gasteiger partial charge is 0.317 e. The normalized spacial score (nSPS) is 20.5. The van der Waals surface area contributed by atoms with Crippen LogP contribution in [0.25, 0.3) is 0 Å². The highest BCUT2D eigenvalue weighted by atomic mass is 16.1. The molecule has 0 atom stereocenters. The molecule has 0 aromatic heterocycles. The van der Waals surface area contributed by atoms with E-state index in [-0.39, 0.29) is 0 Å². The molecule has 15 heavy (non-hydrogen) atoms. The van der Waals surface area contributed by atoms with Crippen LogP contribution < -0.4 is 0 Å². The molecule has 1 heterocycles. The molecule has 1 aliphatic rings. The van der Waals surface area contributed by atoms with Crippen molar-refractivity contribution in [2.24, 2.45) is 0 Å². The summed E-state index contributed by atoms with van der Waals surface area (Å²) in [7, 11) is 0. The molecule has 1 rings (SSSR count). The molecule has 0 saturated carbocycles. The standard InChI is InChI=1S/C13H26NO/c1-3-5-9-14(10-6-4-2)11-7-8-13(15)12-14/h3-12H2,1-2H3/q+1. The Bertz CT molecular complexity index is 193. The Morgan fingerprint density at radius 2 is 1.73 bits per heavy atom. The second-order valence-electron chi connectivity index (χ2n) is 5.02. The average molecular weight is 212 g/mol. The fourth-order valence-electron chi connectivity index (χ4n) is 2.62. The van der Waals surface area contributed by atoms with Crippen LogP contribution in [0.1, 0.15) is 52.4 Å². The van der Waals surface area contributed by atoms with Crippen molar-refractivity contribution < 1.29 is 9.28 Å². The zero-order valence-corrected chi connectivity index (χ0v) is 10.4. The summed E-state index contributed by atoms with van der Waals surface area (Å²) in [6, 6.07) is 0. The van der Waals surface area contributed by atoms with Crippen LogP contribution >= 0.6 is 0 Å². The van der Waals surface area contributed by atoms with E-state index in [1.54, 1.807) is 0 Å². The Balaban J connectivity index is 2.53. The number of hydrogen-bond donors (Lipinski definition) is 0. The van der Waals surface area contributed by atoms with Crippen molar-refractivity contribution in [1.82, 2.24) is 0 Å². The third-order valence-electron chi connectivity index (χ3n) is 3.57. The maximum absolute atomic E-state index is 11.6. The van der Waals surface area contributed by atoms with Crippen LogP contribution in [0, 0.1) is 0 Å². The molecule has 0 radical (unpaired) electrons. The van der Waals surface area contributed by atoms with Gasteiger partial charge < -0.3 is 4.48 Å². The molecule has 0 aromatic rings. The van der Waals surface area contributed by atoms with Crippen molar-refractivity contribution in [1.29, 1.82) is 0 Å². The number of unbranched alkanes of at least 4 members (excludes halogenated alkanes) is 2. The van der Waals surface area contributed by atoms with Crippen LogP contribution in [0.5, 0.6) is 0 Å². The summed E-state index contributed by atoms with van der Waals surface area (Å²) >= 11 is 0. The summed E-state index contributed by atoms with van der Waals surface area (Å²) in [5, 5.41) is 0. The summed E-state index contributed by atoms with van der Waals surface area (Å²) in [5.74, 6) is 0.494. The molecule has 1 aliphatic heterocycles. The van der Waals surface area contributed by atoms with Crippen LogP contribution in [0.4, 0.5) is 0 Å². The smallest absolute Gasteiger partial charge is 0.187 e. The number of hydrogen-bond acceptors (Lipinski definition) is 1. The summed E-state index contributed by atoms with van der Waals surface area (Å²) in [5.41, 5.74) is 0. The van der Waals surface area contributed by atoms with Gasteiger partial charge in [-0.15, -0.1) is 0 Å². The van der Waals surface area contributed by atoms with Gasteiger partial charge in [0.15, 0.2) is 5.78 Å². The molecule has 0 N–H and O–H groups in total. The van der Waals surface area contributed by atoms with Gasteiger partial charge >= 0.3 is 0 Å². The number of carbonyl (C=O) groups is 1. The molecule has 2 nitrogen and oxygen atoms in total. The van der Waals surface area contributed by atoms with Gasteiger partial charge in [0.2, 0.25) is 0 Å². The number of likely N-dealkylation sites (tertiary alicyclic amines) is 1. The summed E-state index contributed by atoms with van der Waals surface area (Å²) in [6.45, 7) is 8.99. The van der Waals surface area contributed by atoms with Crippen LogP contribution in [0.2, 0.25) is 0 Å². The SMILES string of the molecule is CCCC[N+]1(CCCC)CCCC(=O)C1. The minimum absolute atomic E-state index is 0.494. The lowest BCUT2D eigenvalue weighted by Gasteiger charge is -2.41. The molecule has 2 heteroatoms. The van der Waals surface area contributed by atoms with Gasteiger partial charge in [0, 0.05) is 12.8 Å². The number of rotatable bonds is 6. The highest BCUT2D eigenvalue weighted by Crippen LogP contribution is 2.19. The van der Waals surface area contributed by atoms with Crippen LogP contribution in [0.3, 0.4) is 0 Å². The molecule has 88 valence electrons. The van der Waals surface area contributed by atoms with Gasteiger partial charge in [-0.3, -0.25) is 4.79 Å². The summed E-state index contributed by atoms with van der Waals surface area (Å²) in [4.78, 5) is 11.6. The summed E-state index contributed by atoms with van der Waals surface area (Å²) in [6.07, 6.45) is 7.00. The van der Waals surface area contributed by atoms with Crippen molar-refractivity contribution in [3.63, 3.8) is 0 Å². The zero-order chi connectivity index (χ0) is 11.1. The number of ketones is 1. The fourth-order valence-corrected chi connectivity index (χ4v) is 2.62. The lowest BCUT2D eigenvalue weighted by Crippen LogP contribution is -2.55. The van der Waals surface area contributed by atoms with E-state index in [0.29, 0.717) is 5.78 Å². The van der Waals surface area contributed by atoms with Gasteiger partial charge in [0.25, 0.3) is 0 Å². The number of carbonyl (C=O) groups excluding carboxylic acids is 1. The van der Waals surface area contributed by atoms with Crippen molar-refractivity contribution >= 4 is 5.78 Å². The number of piperidine rings is 1. The fraction of sp³-hybridized carbons (Fsp3) is 0.923. The van der Waals surface area contributed by atoms with Gasteiger partial charge in [-0.05, 0) is 12.8 Å². The Labute approximate surface area is 94.2 Å². The number of quaternary nitrogens is 1. The van der Waals surface area contributed by atoms with Crippen molar-refractivity contribution in [3.05, 3.63) is 0 Å². The predicted octanol–water partition coefficient (Wildman–Crippen LogP) is 2.77. The second kappa shape index (κ2) is 6.26. The van der Waals surface area contributed by atoms with E-state index < -0.39 is 0 Å². The van der Waals surface area contributed by atoms with E-state index in [1.165, 1.54) is 45.3 Å². The molecule has 0 amide bonds. The highest BCUT2D eigenvalue weighted by molar-refractivity contribution is 5.79. The molecule has 0 spiro atoms. The van der Waals surface area contributed by atoms with Gasteiger partial charge in [-0.25, -0.2) is 0 Å². The minimum atomic E-state index is 0.494. The number of nitrogens with zero attached hydrogens (tertiary/aromatic N) is 1.